The second-order valence-corrected chi connectivity index (χ2v) is 9.65. The molecule has 4 aromatic rings. The SMILES string of the molecule is COc1ccc(C(OC[C@H]2O[C@@H](n3cnc(C(N)=O)n3)C(C)C2C)(c2ccccc2)c2ccccc2)cc1. The maximum absolute atomic E-state index is 11.5. The van der Waals surface area contributed by atoms with Crippen LogP contribution >= 0.6 is 0 Å². The zero-order valence-corrected chi connectivity index (χ0v) is 21.7. The first-order valence-corrected chi connectivity index (χ1v) is 12.7. The molecule has 2 unspecified atom stereocenters. The number of carbonyl (C=O) groups excluding carboxylic acids is 1. The van der Waals surface area contributed by atoms with Gasteiger partial charge in [-0.15, -0.1) is 5.10 Å². The van der Waals surface area contributed by atoms with Crippen molar-refractivity contribution in [3.05, 3.63) is 114 Å². The summed E-state index contributed by atoms with van der Waals surface area (Å²) < 4.78 is 20.5. The molecule has 1 aliphatic heterocycles. The number of methoxy groups -OCH3 is 1. The number of nitrogens with two attached hydrogens (primary N) is 1. The number of nitrogens with zero attached hydrogens (tertiary/aromatic N) is 3. The molecule has 1 aliphatic rings. The maximum Gasteiger partial charge on any atom is 0.288 e. The molecule has 1 amide bonds. The lowest BCUT2D eigenvalue weighted by molar-refractivity contribution is -0.0873. The fourth-order valence-electron chi connectivity index (χ4n) is 5.16. The smallest absolute Gasteiger partial charge is 0.288 e. The first-order valence-electron chi connectivity index (χ1n) is 12.7. The Labute approximate surface area is 222 Å². The van der Waals surface area contributed by atoms with Gasteiger partial charge in [0.1, 0.15) is 17.7 Å². The van der Waals surface area contributed by atoms with Crippen LogP contribution in [0.4, 0.5) is 0 Å². The zero-order chi connectivity index (χ0) is 26.7. The molecule has 2 heterocycles. The van der Waals surface area contributed by atoms with Gasteiger partial charge in [0.15, 0.2) is 6.23 Å². The van der Waals surface area contributed by atoms with E-state index in [1.165, 1.54) is 6.33 Å². The Kier molecular flexibility index (Phi) is 7.26. The molecular weight excluding hydrogens is 480 g/mol. The lowest BCUT2D eigenvalue weighted by atomic mass is 9.80. The van der Waals surface area contributed by atoms with E-state index in [1.54, 1.807) is 11.8 Å². The normalized spacial score (nSPS) is 21.3. The van der Waals surface area contributed by atoms with Gasteiger partial charge in [-0.05, 0) is 34.7 Å². The number of rotatable bonds is 9. The number of benzene rings is 3. The van der Waals surface area contributed by atoms with Crippen LogP contribution in [0.15, 0.2) is 91.3 Å². The van der Waals surface area contributed by atoms with Crippen molar-refractivity contribution in [2.75, 3.05) is 13.7 Å². The summed E-state index contributed by atoms with van der Waals surface area (Å²) in [4.78, 5) is 15.5. The summed E-state index contributed by atoms with van der Waals surface area (Å²) in [6, 6.07) is 28.4. The molecule has 0 spiro atoms. The zero-order valence-electron chi connectivity index (χ0n) is 21.7. The van der Waals surface area contributed by atoms with Crippen molar-refractivity contribution in [1.82, 2.24) is 14.8 Å². The average molecular weight is 513 g/mol. The van der Waals surface area contributed by atoms with Gasteiger partial charge in [0.25, 0.3) is 5.91 Å². The Morgan fingerprint density at radius 2 is 1.50 bits per heavy atom. The van der Waals surface area contributed by atoms with Crippen molar-refractivity contribution in [1.29, 1.82) is 0 Å². The number of primary amides is 1. The number of aromatic nitrogens is 3. The minimum Gasteiger partial charge on any atom is -0.497 e. The Balaban J connectivity index is 1.51. The summed E-state index contributed by atoms with van der Waals surface area (Å²) in [7, 11) is 1.66. The number of amides is 1. The molecule has 196 valence electrons. The maximum atomic E-state index is 11.5. The highest BCUT2D eigenvalue weighted by molar-refractivity contribution is 5.88. The van der Waals surface area contributed by atoms with Crippen molar-refractivity contribution in [3.8, 4) is 5.75 Å². The third kappa shape index (κ3) is 4.68. The molecule has 38 heavy (non-hydrogen) atoms. The quantitative estimate of drug-likeness (QED) is 0.330. The molecule has 0 bridgehead atoms. The molecule has 1 saturated heterocycles. The summed E-state index contributed by atoms with van der Waals surface area (Å²) in [5.41, 5.74) is 7.46. The van der Waals surface area contributed by atoms with E-state index in [0.717, 1.165) is 22.4 Å². The van der Waals surface area contributed by atoms with Gasteiger partial charge in [-0.2, -0.15) is 0 Å². The molecule has 1 fully saturated rings. The van der Waals surface area contributed by atoms with E-state index >= 15 is 0 Å². The summed E-state index contributed by atoms with van der Waals surface area (Å²) in [5, 5.41) is 4.23. The van der Waals surface area contributed by atoms with Crippen molar-refractivity contribution in [2.24, 2.45) is 17.6 Å². The fourth-order valence-corrected chi connectivity index (χ4v) is 5.16. The molecule has 8 nitrogen and oxygen atoms in total. The predicted octanol–water partition coefficient (Wildman–Crippen LogP) is 4.56. The molecule has 8 heteroatoms. The largest absolute Gasteiger partial charge is 0.497 e. The van der Waals surface area contributed by atoms with Crippen LogP contribution < -0.4 is 10.5 Å². The monoisotopic (exact) mass is 512 g/mol. The summed E-state index contributed by atoms with van der Waals surface area (Å²) in [6.07, 6.45) is 0.886. The number of hydrogen-bond acceptors (Lipinski definition) is 6. The molecule has 5 rings (SSSR count). The van der Waals surface area contributed by atoms with E-state index in [0.29, 0.717) is 6.61 Å². The van der Waals surface area contributed by atoms with Crippen LogP contribution in [0.5, 0.6) is 5.75 Å². The third-order valence-corrected chi connectivity index (χ3v) is 7.49. The van der Waals surface area contributed by atoms with Crippen LogP contribution in [-0.2, 0) is 15.1 Å². The Morgan fingerprint density at radius 1 is 0.921 bits per heavy atom. The molecule has 4 atom stereocenters. The first-order chi connectivity index (χ1) is 18.4. The standard InChI is InChI=1S/C30H32N4O4/c1-20-21(2)29(34-19-32-28(33-34)27(31)35)38-26(20)18-37-30(22-10-6-4-7-11-22,23-12-8-5-9-13-23)24-14-16-25(36-3)17-15-24/h4-17,19-21,26,29H,18H2,1-3H3,(H2,31,35)/t20?,21?,26-,29-/m1/s1. The number of ether oxygens (including phenoxy) is 3. The molecule has 0 aliphatic carbocycles. The Hall–Kier alpha value is -4.01. The molecule has 0 radical (unpaired) electrons. The highest BCUT2D eigenvalue weighted by Crippen LogP contribution is 2.44. The Morgan fingerprint density at radius 3 is 2.03 bits per heavy atom. The van der Waals surface area contributed by atoms with Crippen LogP contribution in [-0.4, -0.2) is 40.5 Å². The van der Waals surface area contributed by atoms with Crippen molar-refractivity contribution in [2.45, 2.75) is 31.8 Å². The van der Waals surface area contributed by atoms with E-state index in [1.807, 2.05) is 60.7 Å². The van der Waals surface area contributed by atoms with Gasteiger partial charge in [0.2, 0.25) is 5.82 Å². The van der Waals surface area contributed by atoms with Crippen LogP contribution in [0.2, 0.25) is 0 Å². The van der Waals surface area contributed by atoms with E-state index < -0.39 is 11.5 Å². The van der Waals surface area contributed by atoms with Gasteiger partial charge in [-0.3, -0.25) is 4.79 Å². The second-order valence-electron chi connectivity index (χ2n) is 9.65. The Bertz CT molecular complexity index is 1320. The second kappa shape index (κ2) is 10.8. The summed E-state index contributed by atoms with van der Waals surface area (Å²) in [6.45, 7) is 4.58. The van der Waals surface area contributed by atoms with Gasteiger partial charge in [-0.25, -0.2) is 9.67 Å². The summed E-state index contributed by atoms with van der Waals surface area (Å²) in [5.74, 6) is 0.338. The van der Waals surface area contributed by atoms with Gasteiger partial charge >= 0.3 is 0 Å². The topological polar surface area (TPSA) is 101 Å². The molecule has 3 aromatic carbocycles. The van der Waals surface area contributed by atoms with Gasteiger partial charge in [0.05, 0.1) is 19.8 Å². The highest BCUT2D eigenvalue weighted by atomic mass is 16.6. The predicted molar refractivity (Wildman–Crippen MR) is 142 cm³/mol. The number of hydrogen-bond donors (Lipinski definition) is 1. The van der Waals surface area contributed by atoms with Crippen molar-refractivity contribution < 1.29 is 19.0 Å². The van der Waals surface area contributed by atoms with E-state index in [-0.39, 0.29) is 30.0 Å². The van der Waals surface area contributed by atoms with E-state index in [2.05, 4.69) is 48.2 Å². The highest BCUT2D eigenvalue weighted by Gasteiger charge is 2.44. The first kappa shape index (κ1) is 25.6. The van der Waals surface area contributed by atoms with Crippen LogP contribution in [0.25, 0.3) is 0 Å². The van der Waals surface area contributed by atoms with Crippen LogP contribution in [0.3, 0.4) is 0 Å². The van der Waals surface area contributed by atoms with Crippen LogP contribution in [0.1, 0.15) is 47.4 Å². The van der Waals surface area contributed by atoms with Crippen molar-refractivity contribution in [3.63, 3.8) is 0 Å². The minimum atomic E-state index is -0.883. The third-order valence-electron chi connectivity index (χ3n) is 7.49. The van der Waals surface area contributed by atoms with E-state index in [4.69, 9.17) is 19.9 Å². The lowest BCUT2D eigenvalue weighted by Crippen LogP contribution is -2.37. The van der Waals surface area contributed by atoms with E-state index in [9.17, 15) is 4.79 Å². The minimum absolute atomic E-state index is 0.0279. The molecule has 2 N–H and O–H groups in total. The molecule has 1 aromatic heterocycles. The fraction of sp³-hybridized carbons (Fsp3) is 0.300. The van der Waals surface area contributed by atoms with Crippen LogP contribution in [0, 0.1) is 11.8 Å². The molecular formula is C30H32N4O4. The molecule has 0 saturated carbocycles. The van der Waals surface area contributed by atoms with Gasteiger partial charge in [0, 0.05) is 5.92 Å². The average Bonchev–Trinajstić information content (AvgIpc) is 3.56. The number of carbonyl (C=O) groups is 1. The summed E-state index contributed by atoms with van der Waals surface area (Å²) >= 11 is 0. The van der Waals surface area contributed by atoms with Crippen molar-refractivity contribution >= 4 is 5.91 Å². The van der Waals surface area contributed by atoms with Gasteiger partial charge < -0.3 is 19.9 Å². The lowest BCUT2D eigenvalue weighted by Gasteiger charge is -2.37. The van der Waals surface area contributed by atoms with Gasteiger partial charge in [-0.1, -0.05) is 86.6 Å².